The molecular weight excluding hydrogens is 248 g/mol. The lowest BCUT2D eigenvalue weighted by molar-refractivity contribution is -0.111. The third kappa shape index (κ3) is 3.71. The number of rotatable bonds is 3. The van der Waals surface area contributed by atoms with Crippen LogP contribution in [-0.4, -0.2) is 10.9 Å². The maximum absolute atomic E-state index is 11.6. The van der Waals surface area contributed by atoms with Gasteiger partial charge in [-0.1, -0.05) is 41.9 Å². The molecule has 1 N–H and O–H groups in total. The largest absolute Gasteiger partial charge is 0.307 e. The standard InChI is InChI=1S/C14H11ClN2O/c15-12-7-8-13(16-10-12)17-14(18)9-6-11-4-2-1-3-5-11/h1-10H,(H,16,17,18)/b9-6-. The minimum atomic E-state index is -0.228. The molecule has 1 aromatic carbocycles. The number of hydrogen-bond donors (Lipinski definition) is 1. The molecule has 0 aliphatic carbocycles. The van der Waals surface area contributed by atoms with Crippen LogP contribution >= 0.6 is 11.6 Å². The predicted molar refractivity (Wildman–Crippen MR) is 73.4 cm³/mol. The topological polar surface area (TPSA) is 42.0 Å². The van der Waals surface area contributed by atoms with E-state index in [9.17, 15) is 4.79 Å². The van der Waals surface area contributed by atoms with E-state index in [1.54, 1.807) is 18.2 Å². The number of aromatic nitrogens is 1. The molecule has 90 valence electrons. The molecule has 2 rings (SSSR count). The summed E-state index contributed by atoms with van der Waals surface area (Å²) < 4.78 is 0. The smallest absolute Gasteiger partial charge is 0.249 e. The van der Waals surface area contributed by atoms with Crippen LogP contribution in [0.2, 0.25) is 5.02 Å². The van der Waals surface area contributed by atoms with Gasteiger partial charge in [-0.05, 0) is 23.8 Å². The number of amides is 1. The molecule has 0 saturated carbocycles. The van der Waals surface area contributed by atoms with Crippen LogP contribution in [-0.2, 0) is 4.79 Å². The van der Waals surface area contributed by atoms with Crippen LogP contribution in [0.4, 0.5) is 5.82 Å². The number of carbonyl (C=O) groups excluding carboxylic acids is 1. The van der Waals surface area contributed by atoms with Gasteiger partial charge in [0, 0.05) is 12.3 Å². The Bertz CT molecular complexity index is 550. The highest BCUT2D eigenvalue weighted by molar-refractivity contribution is 6.30. The monoisotopic (exact) mass is 258 g/mol. The van der Waals surface area contributed by atoms with Crippen molar-refractivity contribution in [3.8, 4) is 0 Å². The summed E-state index contributed by atoms with van der Waals surface area (Å²) in [5.41, 5.74) is 0.969. The Kier molecular flexibility index (Phi) is 4.10. The molecule has 0 spiro atoms. The molecule has 0 radical (unpaired) electrons. The molecule has 1 aromatic heterocycles. The van der Waals surface area contributed by atoms with Crippen molar-refractivity contribution in [2.75, 3.05) is 5.32 Å². The molecule has 2 aromatic rings. The number of anilines is 1. The van der Waals surface area contributed by atoms with E-state index in [2.05, 4.69) is 10.3 Å². The lowest BCUT2D eigenvalue weighted by Gasteiger charge is -2.00. The maximum Gasteiger partial charge on any atom is 0.249 e. The van der Waals surface area contributed by atoms with E-state index in [0.29, 0.717) is 10.8 Å². The van der Waals surface area contributed by atoms with Gasteiger partial charge in [-0.25, -0.2) is 4.98 Å². The van der Waals surface area contributed by atoms with Gasteiger partial charge in [0.05, 0.1) is 5.02 Å². The number of pyridine rings is 1. The van der Waals surface area contributed by atoms with Gasteiger partial charge in [-0.2, -0.15) is 0 Å². The zero-order valence-corrected chi connectivity index (χ0v) is 10.3. The van der Waals surface area contributed by atoms with Crippen LogP contribution in [0.25, 0.3) is 6.08 Å². The molecule has 3 nitrogen and oxygen atoms in total. The summed E-state index contributed by atoms with van der Waals surface area (Å²) in [6.45, 7) is 0. The maximum atomic E-state index is 11.6. The SMILES string of the molecule is O=C(/C=C\c1ccccc1)Nc1ccc(Cl)cn1. The molecule has 1 heterocycles. The highest BCUT2D eigenvalue weighted by Crippen LogP contribution is 2.09. The Morgan fingerprint density at radius 3 is 2.61 bits per heavy atom. The fourth-order valence-electron chi connectivity index (χ4n) is 1.35. The summed E-state index contributed by atoms with van der Waals surface area (Å²) >= 11 is 5.70. The first-order valence-corrected chi connectivity index (χ1v) is 5.77. The molecule has 0 saturated heterocycles. The summed E-state index contributed by atoms with van der Waals surface area (Å²) in [4.78, 5) is 15.6. The van der Waals surface area contributed by atoms with Gasteiger partial charge >= 0.3 is 0 Å². The van der Waals surface area contributed by atoms with Gasteiger partial charge in [0.25, 0.3) is 0 Å². The first-order chi connectivity index (χ1) is 8.74. The second-order valence-electron chi connectivity index (χ2n) is 3.59. The molecule has 0 aliphatic heterocycles. The highest BCUT2D eigenvalue weighted by atomic mass is 35.5. The zero-order chi connectivity index (χ0) is 12.8. The van der Waals surface area contributed by atoms with Gasteiger partial charge in [-0.15, -0.1) is 0 Å². The van der Waals surface area contributed by atoms with Gasteiger partial charge in [-0.3, -0.25) is 4.79 Å². The van der Waals surface area contributed by atoms with E-state index in [0.717, 1.165) is 5.56 Å². The van der Waals surface area contributed by atoms with Gasteiger partial charge < -0.3 is 5.32 Å². The summed E-state index contributed by atoms with van der Waals surface area (Å²) in [5, 5.41) is 3.18. The van der Waals surface area contributed by atoms with E-state index in [4.69, 9.17) is 11.6 Å². The third-order valence-electron chi connectivity index (χ3n) is 2.21. The molecular formula is C14H11ClN2O. The second-order valence-corrected chi connectivity index (χ2v) is 4.03. The van der Waals surface area contributed by atoms with Crippen molar-refractivity contribution in [2.45, 2.75) is 0 Å². The summed E-state index contributed by atoms with van der Waals surface area (Å²) in [6, 6.07) is 12.9. The van der Waals surface area contributed by atoms with E-state index < -0.39 is 0 Å². The van der Waals surface area contributed by atoms with Gasteiger partial charge in [0.2, 0.25) is 5.91 Å². The minimum absolute atomic E-state index is 0.228. The first kappa shape index (κ1) is 12.3. The lowest BCUT2D eigenvalue weighted by atomic mass is 10.2. The zero-order valence-electron chi connectivity index (χ0n) is 9.51. The normalized spacial score (nSPS) is 10.5. The van der Waals surface area contributed by atoms with E-state index in [1.807, 2.05) is 30.3 Å². The van der Waals surface area contributed by atoms with Gasteiger partial charge in [0.15, 0.2) is 0 Å². The van der Waals surface area contributed by atoms with Crippen molar-refractivity contribution in [2.24, 2.45) is 0 Å². The van der Waals surface area contributed by atoms with Crippen molar-refractivity contribution in [3.63, 3.8) is 0 Å². The van der Waals surface area contributed by atoms with Crippen LogP contribution in [0.5, 0.6) is 0 Å². The summed E-state index contributed by atoms with van der Waals surface area (Å²) in [6.07, 6.45) is 4.69. The quantitative estimate of drug-likeness (QED) is 0.858. The number of halogens is 1. The van der Waals surface area contributed by atoms with Crippen LogP contribution in [0.3, 0.4) is 0 Å². The molecule has 4 heteroatoms. The molecule has 18 heavy (non-hydrogen) atoms. The first-order valence-electron chi connectivity index (χ1n) is 5.40. The number of carbonyl (C=O) groups is 1. The average Bonchev–Trinajstić information content (AvgIpc) is 2.40. The Morgan fingerprint density at radius 2 is 1.94 bits per heavy atom. The molecule has 0 atom stereocenters. The summed E-state index contributed by atoms with van der Waals surface area (Å²) in [5.74, 6) is 0.246. The number of nitrogens with zero attached hydrogens (tertiary/aromatic N) is 1. The van der Waals surface area contributed by atoms with Crippen molar-refractivity contribution >= 4 is 29.4 Å². The Morgan fingerprint density at radius 1 is 1.17 bits per heavy atom. The van der Waals surface area contributed by atoms with Crippen molar-refractivity contribution in [1.29, 1.82) is 0 Å². The fourth-order valence-corrected chi connectivity index (χ4v) is 1.47. The Labute approximate surface area is 110 Å². The fraction of sp³-hybridized carbons (Fsp3) is 0. The van der Waals surface area contributed by atoms with Crippen molar-refractivity contribution < 1.29 is 4.79 Å². The molecule has 0 aliphatic rings. The number of nitrogens with one attached hydrogen (secondary N) is 1. The van der Waals surface area contributed by atoms with Crippen LogP contribution in [0.1, 0.15) is 5.56 Å². The van der Waals surface area contributed by atoms with Crippen molar-refractivity contribution in [3.05, 3.63) is 65.3 Å². The van der Waals surface area contributed by atoms with E-state index in [1.165, 1.54) is 12.3 Å². The minimum Gasteiger partial charge on any atom is -0.307 e. The van der Waals surface area contributed by atoms with E-state index >= 15 is 0 Å². The average molecular weight is 259 g/mol. The Balaban J connectivity index is 1.97. The summed E-state index contributed by atoms with van der Waals surface area (Å²) in [7, 11) is 0. The molecule has 1 amide bonds. The second kappa shape index (κ2) is 5.98. The predicted octanol–water partition coefficient (Wildman–Crippen LogP) is 3.39. The lowest BCUT2D eigenvalue weighted by Crippen LogP contribution is -2.08. The van der Waals surface area contributed by atoms with Crippen LogP contribution in [0.15, 0.2) is 54.7 Å². The number of hydrogen-bond acceptors (Lipinski definition) is 2. The molecule has 0 bridgehead atoms. The van der Waals surface area contributed by atoms with E-state index in [-0.39, 0.29) is 5.91 Å². The Hall–Kier alpha value is -2.13. The van der Waals surface area contributed by atoms with Crippen LogP contribution in [0, 0.1) is 0 Å². The third-order valence-corrected chi connectivity index (χ3v) is 2.43. The van der Waals surface area contributed by atoms with Crippen molar-refractivity contribution in [1.82, 2.24) is 4.98 Å². The van der Waals surface area contributed by atoms with Gasteiger partial charge in [0.1, 0.15) is 5.82 Å². The molecule has 0 unspecified atom stereocenters. The number of benzene rings is 1. The molecule has 0 fully saturated rings. The van der Waals surface area contributed by atoms with Crippen LogP contribution < -0.4 is 5.32 Å². The highest BCUT2D eigenvalue weighted by Gasteiger charge is 1.98.